The summed E-state index contributed by atoms with van der Waals surface area (Å²) in [5, 5.41) is 3.00. The number of imidazole rings is 1. The van der Waals surface area contributed by atoms with Crippen LogP contribution in [0.15, 0.2) is 67.0 Å². The first-order valence-electron chi connectivity index (χ1n) is 10.9. The molecule has 0 bridgehead atoms. The summed E-state index contributed by atoms with van der Waals surface area (Å²) in [5.74, 6) is -0.362. The Morgan fingerprint density at radius 1 is 0.943 bits per heavy atom. The first-order valence-corrected chi connectivity index (χ1v) is 10.9. The summed E-state index contributed by atoms with van der Waals surface area (Å²) in [6.45, 7) is 0.932. The van der Waals surface area contributed by atoms with Crippen molar-refractivity contribution in [3.05, 3.63) is 84.4 Å². The Bertz CT molecular complexity index is 1450. The summed E-state index contributed by atoms with van der Waals surface area (Å²) in [6.07, 6.45) is 3.25. The number of anilines is 1. The number of H-pyrrole nitrogens is 1. The molecule has 0 aliphatic carbocycles. The van der Waals surface area contributed by atoms with Gasteiger partial charge in [-0.25, -0.2) is 23.7 Å². The summed E-state index contributed by atoms with van der Waals surface area (Å²) in [7, 11) is 0. The van der Waals surface area contributed by atoms with Gasteiger partial charge in [-0.15, -0.1) is 0 Å². The van der Waals surface area contributed by atoms with Crippen LogP contribution in [0.4, 0.5) is 14.5 Å². The molecule has 35 heavy (non-hydrogen) atoms. The maximum atomic E-state index is 13.6. The van der Waals surface area contributed by atoms with E-state index in [4.69, 9.17) is 15.5 Å². The zero-order valence-corrected chi connectivity index (χ0v) is 18.5. The maximum absolute atomic E-state index is 13.6. The molecule has 8 nitrogen and oxygen atoms in total. The minimum atomic E-state index is -0.658. The number of aromatic nitrogens is 5. The third-order valence-electron chi connectivity index (χ3n) is 5.16. The van der Waals surface area contributed by atoms with Gasteiger partial charge >= 0.3 is 0 Å². The van der Waals surface area contributed by atoms with Crippen molar-refractivity contribution in [3.8, 4) is 28.5 Å². The SMILES string of the molecule is NCCOc1cnc2ccc(-c3nc(CNc4cc(F)cc(F)c4)[nH]c3-c3ccccn3)cc2n1. The second-order valence-corrected chi connectivity index (χ2v) is 7.68. The average molecular weight is 473 g/mol. The number of nitrogens with zero attached hydrogens (tertiary/aromatic N) is 4. The largest absolute Gasteiger partial charge is 0.475 e. The second-order valence-electron chi connectivity index (χ2n) is 7.68. The highest BCUT2D eigenvalue weighted by atomic mass is 19.1. The number of nitrogens with one attached hydrogen (secondary N) is 2. The van der Waals surface area contributed by atoms with E-state index in [0.29, 0.717) is 58.7 Å². The highest BCUT2D eigenvalue weighted by molar-refractivity contribution is 5.85. The fourth-order valence-corrected chi connectivity index (χ4v) is 3.63. The number of benzene rings is 2. The molecule has 0 saturated heterocycles. The van der Waals surface area contributed by atoms with E-state index in [-0.39, 0.29) is 6.54 Å². The van der Waals surface area contributed by atoms with Crippen molar-refractivity contribution in [1.29, 1.82) is 0 Å². The van der Waals surface area contributed by atoms with E-state index in [1.54, 1.807) is 12.4 Å². The molecule has 0 radical (unpaired) electrons. The van der Waals surface area contributed by atoms with Crippen LogP contribution in [0.5, 0.6) is 5.88 Å². The molecule has 3 aromatic heterocycles. The van der Waals surface area contributed by atoms with Crippen LogP contribution in [0.2, 0.25) is 0 Å². The van der Waals surface area contributed by atoms with E-state index in [1.807, 2.05) is 36.4 Å². The predicted molar refractivity (Wildman–Crippen MR) is 129 cm³/mol. The summed E-state index contributed by atoms with van der Waals surface area (Å²) in [6, 6.07) is 14.5. The van der Waals surface area contributed by atoms with Gasteiger partial charge in [-0.05, 0) is 36.4 Å². The third kappa shape index (κ3) is 5.07. The highest BCUT2D eigenvalue weighted by Gasteiger charge is 2.16. The Morgan fingerprint density at radius 3 is 2.57 bits per heavy atom. The van der Waals surface area contributed by atoms with Crippen molar-refractivity contribution in [3.63, 3.8) is 0 Å². The summed E-state index contributed by atoms with van der Waals surface area (Å²) < 4.78 is 32.6. The van der Waals surface area contributed by atoms with Crippen LogP contribution in [0.1, 0.15) is 5.82 Å². The standard InChI is InChI=1S/C25H21F2N7O/c26-16-10-17(27)12-18(11-16)30-13-22-33-24(25(34-22)20-3-1-2-7-29-20)15-4-5-19-21(9-15)32-23(14-31-19)35-8-6-28/h1-5,7,9-12,14,30H,6,8,13,28H2,(H,33,34). The molecule has 5 rings (SSSR count). The van der Waals surface area contributed by atoms with E-state index in [2.05, 4.69) is 25.3 Å². The van der Waals surface area contributed by atoms with Crippen molar-refractivity contribution >= 4 is 16.7 Å². The fourth-order valence-electron chi connectivity index (χ4n) is 3.63. The van der Waals surface area contributed by atoms with E-state index in [0.717, 1.165) is 11.6 Å². The average Bonchev–Trinajstić information content (AvgIpc) is 3.30. The molecule has 0 fully saturated rings. The van der Waals surface area contributed by atoms with Gasteiger partial charge in [-0.2, -0.15) is 0 Å². The van der Waals surface area contributed by atoms with E-state index in [9.17, 15) is 8.78 Å². The number of fused-ring (bicyclic) bond motifs is 1. The topological polar surface area (TPSA) is 115 Å². The van der Waals surface area contributed by atoms with Crippen molar-refractivity contribution in [2.45, 2.75) is 6.54 Å². The number of hydrogen-bond donors (Lipinski definition) is 3. The highest BCUT2D eigenvalue weighted by Crippen LogP contribution is 2.31. The molecular weight excluding hydrogens is 452 g/mol. The van der Waals surface area contributed by atoms with Crippen LogP contribution in [0.3, 0.4) is 0 Å². The van der Waals surface area contributed by atoms with E-state index in [1.165, 1.54) is 12.1 Å². The quantitative estimate of drug-likeness (QED) is 0.308. The maximum Gasteiger partial charge on any atom is 0.232 e. The lowest BCUT2D eigenvalue weighted by atomic mass is 10.1. The Morgan fingerprint density at radius 2 is 1.80 bits per heavy atom. The Kier molecular flexibility index (Phi) is 6.27. The van der Waals surface area contributed by atoms with E-state index >= 15 is 0 Å². The monoisotopic (exact) mass is 473 g/mol. The van der Waals surface area contributed by atoms with Crippen LogP contribution < -0.4 is 15.8 Å². The van der Waals surface area contributed by atoms with Crippen LogP contribution in [-0.2, 0) is 6.54 Å². The molecule has 0 amide bonds. The van der Waals surface area contributed by atoms with Gasteiger partial charge in [0.25, 0.3) is 0 Å². The third-order valence-corrected chi connectivity index (χ3v) is 5.16. The van der Waals surface area contributed by atoms with E-state index < -0.39 is 11.6 Å². The molecule has 3 heterocycles. The number of rotatable bonds is 8. The van der Waals surface area contributed by atoms with Gasteiger partial charge in [0.2, 0.25) is 5.88 Å². The van der Waals surface area contributed by atoms with Crippen LogP contribution in [-0.4, -0.2) is 38.1 Å². The Balaban J connectivity index is 1.51. The minimum Gasteiger partial charge on any atom is -0.475 e. The molecule has 0 spiro atoms. The number of halogens is 2. The Hall–Kier alpha value is -4.44. The smallest absolute Gasteiger partial charge is 0.232 e. The van der Waals surface area contributed by atoms with Crippen molar-refractivity contribution in [1.82, 2.24) is 24.9 Å². The molecule has 176 valence electrons. The number of nitrogens with two attached hydrogens (primary N) is 1. The molecule has 0 saturated carbocycles. The summed E-state index contributed by atoms with van der Waals surface area (Å²) in [4.78, 5) is 21.4. The lowest BCUT2D eigenvalue weighted by Gasteiger charge is -2.06. The van der Waals surface area contributed by atoms with Gasteiger partial charge in [-0.3, -0.25) is 4.98 Å². The number of pyridine rings is 1. The molecular formula is C25H21F2N7O. The number of hydrogen-bond acceptors (Lipinski definition) is 7. The number of ether oxygens (including phenoxy) is 1. The minimum absolute atomic E-state index is 0.215. The zero-order chi connectivity index (χ0) is 24.2. The molecule has 5 aromatic rings. The van der Waals surface area contributed by atoms with Crippen LogP contribution >= 0.6 is 0 Å². The molecule has 0 unspecified atom stereocenters. The van der Waals surface area contributed by atoms with Gasteiger partial charge in [0.15, 0.2) is 0 Å². The van der Waals surface area contributed by atoms with Crippen LogP contribution in [0.25, 0.3) is 33.7 Å². The molecule has 0 aliphatic rings. The number of aromatic amines is 1. The molecule has 0 atom stereocenters. The van der Waals surface area contributed by atoms with Crippen molar-refractivity contribution < 1.29 is 13.5 Å². The van der Waals surface area contributed by atoms with Gasteiger partial charge in [-0.1, -0.05) is 12.1 Å². The van der Waals surface area contributed by atoms with Crippen LogP contribution in [0, 0.1) is 11.6 Å². The molecule has 0 aliphatic heterocycles. The molecule has 2 aromatic carbocycles. The van der Waals surface area contributed by atoms with Crippen molar-refractivity contribution in [2.24, 2.45) is 5.73 Å². The molecule has 4 N–H and O–H groups in total. The van der Waals surface area contributed by atoms with Gasteiger partial charge in [0.1, 0.15) is 24.1 Å². The molecule has 10 heteroatoms. The van der Waals surface area contributed by atoms with Gasteiger partial charge < -0.3 is 20.8 Å². The first-order chi connectivity index (χ1) is 17.1. The lowest BCUT2D eigenvalue weighted by Crippen LogP contribution is -2.11. The predicted octanol–water partition coefficient (Wildman–Crippen LogP) is 4.31. The fraction of sp³-hybridized carbons (Fsp3) is 0.120. The zero-order valence-electron chi connectivity index (χ0n) is 18.5. The van der Waals surface area contributed by atoms with Gasteiger partial charge in [0, 0.05) is 30.1 Å². The summed E-state index contributed by atoms with van der Waals surface area (Å²) >= 11 is 0. The van der Waals surface area contributed by atoms with Crippen molar-refractivity contribution in [2.75, 3.05) is 18.5 Å². The summed E-state index contributed by atoms with van der Waals surface area (Å²) in [5.41, 5.74) is 10.0. The lowest BCUT2D eigenvalue weighted by molar-refractivity contribution is 0.315. The second kappa shape index (κ2) is 9.82. The normalized spacial score (nSPS) is 11.1. The van der Waals surface area contributed by atoms with Gasteiger partial charge in [0.05, 0.1) is 40.9 Å². The Labute approximate surface area is 199 Å². The first kappa shape index (κ1) is 22.4.